The SMILES string of the molecule is C1=Cc2c(c3cc(-c4ccccc4N(c4ccc(-c5ccccc5)cc4)c4cccc5ccccc45)ccc3n2-c2ccccc2)CC1. The molecule has 7 aromatic carbocycles. The van der Waals surface area contributed by atoms with Gasteiger partial charge < -0.3 is 9.47 Å². The van der Waals surface area contributed by atoms with Crippen LogP contribution in [0.4, 0.5) is 17.1 Å². The van der Waals surface area contributed by atoms with Crippen molar-refractivity contribution in [3.63, 3.8) is 0 Å². The summed E-state index contributed by atoms with van der Waals surface area (Å²) < 4.78 is 2.42. The highest BCUT2D eigenvalue weighted by Crippen LogP contribution is 2.45. The minimum absolute atomic E-state index is 1.04. The maximum Gasteiger partial charge on any atom is 0.0540 e. The number of benzene rings is 7. The van der Waals surface area contributed by atoms with Crippen LogP contribution in [0.3, 0.4) is 0 Å². The Morgan fingerprint density at radius 3 is 2.02 bits per heavy atom. The molecule has 48 heavy (non-hydrogen) atoms. The fraction of sp³-hybridized carbons (Fsp3) is 0.0435. The Morgan fingerprint density at radius 1 is 0.500 bits per heavy atom. The molecule has 228 valence electrons. The molecular weight excluding hydrogens is 581 g/mol. The maximum atomic E-state index is 2.43. The molecule has 0 amide bonds. The van der Waals surface area contributed by atoms with Crippen molar-refractivity contribution < 1.29 is 0 Å². The molecule has 2 heteroatoms. The zero-order valence-corrected chi connectivity index (χ0v) is 26.6. The third-order valence-corrected chi connectivity index (χ3v) is 9.66. The van der Waals surface area contributed by atoms with E-state index >= 15 is 0 Å². The smallest absolute Gasteiger partial charge is 0.0540 e. The summed E-state index contributed by atoms with van der Waals surface area (Å²) in [4.78, 5) is 2.43. The first-order valence-corrected chi connectivity index (χ1v) is 16.8. The second kappa shape index (κ2) is 11.9. The van der Waals surface area contributed by atoms with Crippen LogP contribution in [0.2, 0.25) is 0 Å². The van der Waals surface area contributed by atoms with E-state index in [1.54, 1.807) is 0 Å². The third-order valence-electron chi connectivity index (χ3n) is 9.66. The average molecular weight is 615 g/mol. The number of nitrogens with zero attached hydrogens (tertiary/aromatic N) is 2. The van der Waals surface area contributed by atoms with Crippen molar-refractivity contribution in [2.45, 2.75) is 12.8 Å². The number of aromatic nitrogens is 1. The zero-order valence-electron chi connectivity index (χ0n) is 26.6. The summed E-state index contributed by atoms with van der Waals surface area (Å²) in [6.07, 6.45) is 6.72. The van der Waals surface area contributed by atoms with Gasteiger partial charge in [0, 0.05) is 33.4 Å². The highest BCUT2D eigenvalue weighted by molar-refractivity contribution is 6.02. The number of fused-ring (bicyclic) bond motifs is 4. The Hall–Kier alpha value is -6.12. The first-order chi connectivity index (χ1) is 23.8. The number of anilines is 3. The van der Waals surface area contributed by atoms with Crippen LogP contribution in [0.25, 0.3) is 55.7 Å². The number of para-hydroxylation sites is 2. The predicted molar refractivity (Wildman–Crippen MR) is 204 cm³/mol. The van der Waals surface area contributed by atoms with Crippen LogP contribution in [-0.4, -0.2) is 4.57 Å². The highest BCUT2D eigenvalue weighted by Gasteiger charge is 2.22. The van der Waals surface area contributed by atoms with Crippen LogP contribution < -0.4 is 4.90 Å². The number of hydrogen-bond donors (Lipinski definition) is 0. The molecule has 0 aliphatic heterocycles. The van der Waals surface area contributed by atoms with Crippen molar-refractivity contribution in [1.82, 2.24) is 4.57 Å². The van der Waals surface area contributed by atoms with Crippen LogP contribution in [0, 0.1) is 0 Å². The van der Waals surface area contributed by atoms with Gasteiger partial charge in [-0.1, -0.05) is 127 Å². The van der Waals surface area contributed by atoms with Crippen molar-refractivity contribution in [3.05, 3.63) is 187 Å². The lowest BCUT2D eigenvalue weighted by atomic mass is 9.96. The summed E-state index contributed by atoms with van der Waals surface area (Å²) >= 11 is 0. The Bertz CT molecular complexity index is 2430. The highest BCUT2D eigenvalue weighted by atomic mass is 15.1. The van der Waals surface area contributed by atoms with E-state index in [2.05, 4.69) is 191 Å². The average Bonchev–Trinajstić information content (AvgIpc) is 3.50. The molecule has 1 aromatic heterocycles. The van der Waals surface area contributed by atoms with Crippen molar-refractivity contribution in [1.29, 1.82) is 0 Å². The summed E-state index contributed by atoms with van der Waals surface area (Å²) in [5.41, 5.74) is 13.4. The fourth-order valence-corrected chi connectivity index (χ4v) is 7.42. The summed E-state index contributed by atoms with van der Waals surface area (Å²) in [7, 11) is 0. The van der Waals surface area contributed by atoms with Gasteiger partial charge in [-0.2, -0.15) is 0 Å². The monoisotopic (exact) mass is 614 g/mol. The van der Waals surface area contributed by atoms with Crippen LogP contribution >= 0.6 is 0 Å². The van der Waals surface area contributed by atoms with Crippen LogP contribution in [-0.2, 0) is 6.42 Å². The Morgan fingerprint density at radius 2 is 1.17 bits per heavy atom. The van der Waals surface area contributed by atoms with Crippen LogP contribution in [0.5, 0.6) is 0 Å². The van der Waals surface area contributed by atoms with Crippen molar-refractivity contribution in [3.8, 4) is 27.9 Å². The molecule has 8 aromatic rings. The molecule has 0 fully saturated rings. The topological polar surface area (TPSA) is 8.17 Å². The molecule has 0 bridgehead atoms. The number of aryl methyl sites for hydroxylation is 1. The van der Waals surface area contributed by atoms with Gasteiger partial charge in [-0.05, 0) is 95.1 Å². The third kappa shape index (κ3) is 4.82. The standard InChI is InChI=1S/C46H34N2/c1-3-14-33(15-4-1)34-26-29-38(30-27-34)48(44-25-13-17-35-16-7-8-20-39(35)44)43-23-11-9-21-40(43)36-28-31-46-42(32-36)41-22-10-12-24-45(41)47(46)37-18-5-2-6-19-37/h1-9,11-21,23-32H,10,22H2. The lowest BCUT2D eigenvalue weighted by Gasteiger charge is -2.29. The second-order valence-corrected chi connectivity index (χ2v) is 12.5. The van der Waals surface area contributed by atoms with Gasteiger partial charge in [-0.25, -0.2) is 0 Å². The molecule has 0 atom stereocenters. The molecule has 9 rings (SSSR count). The number of hydrogen-bond acceptors (Lipinski definition) is 1. The molecule has 2 nitrogen and oxygen atoms in total. The van der Waals surface area contributed by atoms with Crippen LogP contribution in [0.15, 0.2) is 176 Å². The maximum absolute atomic E-state index is 2.43. The molecule has 0 saturated carbocycles. The number of allylic oxidation sites excluding steroid dienone is 1. The normalized spacial score (nSPS) is 12.3. The Balaban J connectivity index is 1.24. The summed E-state index contributed by atoms with van der Waals surface area (Å²) in [6, 6.07) is 61.5. The van der Waals surface area contributed by atoms with E-state index in [-0.39, 0.29) is 0 Å². The quantitative estimate of drug-likeness (QED) is 0.181. The summed E-state index contributed by atoms with van der Waals surface area (Å²) in [5, 5.41) is 3.77. The minimum atomic E-state index is 1.04. The molecule has 1 aliphatic carbocycles. The van der Waals surface area contributed by atoms with Gasteiger partial charge in [0.25, 0.3) is 0 Å². The van der Waals surface area contributed by atoms with Gasteiger partial charge >= 0.3 is 0 Å². The fourth-order valence-electron chi connectivity index (χ4n) is 7.42. The van der Waals surface area contributed by atoms with Gasteiger partial charge in [0.1, 0.15) is 0 Å². The molecule has 0 unspecified atom stereocenters. The molecule has 0 N–H and O–H groups in total. The zero-order chi connectivity index (χ0) is 31.9. The molecule has 1 aliphatic rings. The van der Waals surface area contributed by atoms with E-state index in [9.17, 15) is 0 Å². The van der Waals surface area contributed by atoms with E-state index in [0.29, 0.717) is 0 Å². The van der Waals surface area contributed by atoms with Crippen LogP contribution in [0.1, 0.15) is 17.7 Å². The van der Waals surface area contributed by atoms with E-state index in [0.717, 1.165) is 29.9 Å². The van der Waals surface area contributed by atoms with Gasteiger partial charge in [0.05, 0.1) is 16.9 Å². The lowest BCUT2D eigenvalue weighted by molar-refractivity contribution is 0.967. The van der Waals surface area contributed by atoms with E-state index in [1.807, 2.05) is 0 Å². The van der Waals surface area contributed by atoms with Crippen molar-refractivity contribution >= 4 is 44.8 Å². The minimum Gasteiger partial charge on any atom is -0.310 e. The molecule has 1 heterocycles. The summed E-state index contributed by atoms with van der Waals surface area (Å²) in [5.74, 6) is 0. The van der Waals surface area contributed by atoms with E-state index in [1.165, 1.54) is 60.9 Å². The number of rotatable bonds is 6. The van der Waals surface area contributed by atoms with Crippen molar-refractivity contribution in [2.24, 2.45) is 0 Å². The molecular formula is C46H34N2. The first kappa shape index (κ1) is 28.1. The Labute approximate surface area is 281 Å². The Kier molecular flexibility index (Phi) is 6.98. The largest absolute Gasteiger partial charge is 0.310 e. The van der Waals surface area contributed by atoms with Gasteiger partial charge in [-0.15, -0.1) is 0 Å². The van der Waals surface area contributed by atoms with Crippen molar-refractivity contribution in [2.75, 3.05) is 4.90 Å². The van der Waals surface area contributed by atoms with Gasteiger partial charge in [0.2, 0.25) is 0 Å². The van der Waals surface area contributed by atoms with Gasteiger partial charge in [-0.3, -0.25) is 0 Å². The predicted octanol–water partition coefficient (Wildman–Crippen LogP) is 12.5. The van der Waals surface area contributed by atoms with E-state index in [4.69, 9.17) is 0 Å². The first-order valence-electron chi connectivity index (χ1n) is 16.8. The second-order valence-electron chi connectivity index (χ2n) is 12.5. The summed E-state index contributed by atoms with van der Waals surface area (Å²) in [6.45, 7) is 0. The van der Waals surface area contributed by atoms with E-state index < -0.39 is 0 Å². The molecule has 0 saturated heterocycles. The van der Waals surface area contributed by atoms with Gasteiger partial charge in [0.15, 0.2) is 0 Å². The lowest BCUT2D eigenvalue weighted by Crippen LogP contribution is -2.11. The molecule has 0 spiro atoms. The molecule has 0 radical (unpaired) electrons.